The lowest BCUT2D eigenvalue weighted by atomic mass is 9.78. The first-order chi connectivity index (χ1) is 11.2. The number of carbonyl (C=O) groups is 1. The lowest BCUT2D eigenvalue weighted by molar-refractivity contribution is -0.122. The Balaban J connectivity index is 1.91. The lowest BCUT2D eigenvalue weighted by Crippen LogP contribution is -2.54. The topological polar surface area (TPSA) is 38.8 Å². The molecule has 4 nitrogen and oxygen atoms in total. The van der Waals surface area contributed by atoms with Crippen LogP contribution in [0.2, 0.25) is 5.02 Å². The van der Waals surface area contributed by atoms with Gasteiger partial charge in [0.05, 0.1) is 13.2 Å². The quantitative estimate of drug-likeness (QED) is 0.604. The first kappa shape index (κ1) is 18.0. The van der Waals surface area contributed by atoms with E-state index in [-0.39, 0.29) is 6.09 Å². The van der Waals surface area contributed by atoms with Crippen molar-refractivity contribution in [2.75, 3.05) is 19.7 Å². The molecule has 1 aliphatic carbocycles. The number of benzene rings is 1. The minimum Gasteiger partial charge on any atom is -0.444 e. The molecule has 1 atom stereocenters. The highest BCUT2D eigenvalue weighted by Crippen LogP contribution is 2.45. The summed E-state index contributed by atoms with van der Waals surface area (Å²) in [5.41, 5.74) is 1.35. The van der Waals surface area contributed by atoms with E-state index in [1.54, 1.807) is 4.90 Å². The summed E-state index contributed by atoms with van der Waals surface area (Å²) in [6.45, 7) is 7.22. The molecule has 132 valence electrons. The Morgan fingerprint density at radius 2 is 2.17 bits per heavy atom. The zero-order chi connectivity index (χ0) is 17.5. The maximum absolute atomic E-state index is 12.5. The van der Waals surface area contributed by atoms with Crippen molar-refractivity contribution < 1.29 is 14.3 Å². The van der Waals surface area contributed by atoms with E-state index in [2.05, 4.69) is 15.9 Å². The molecule has 0 saturated carbocycles. The molecule has 0 bridgehead atoms. The number of hydrogen-bond acceptors (Lipinski definition) is 3. The van der Waals surface area contributed by atoms with Crippen LogP contribution >= 0.6 is 27.5 Å². The van der Waals surface area contributed by atoms with E-state index < -0.39 is 11.2 Å². The van der Waals surface area contributed by atoms with Crippen LogP contribution < -0.4 is 0 Å². The van der Waals surface area contributed by atoms with Gasteiger partial charge in [0.25, 0.3) is 0 Å². The van der Waals surface area contributed by atoms with Crippen molar-refractivity contribution in [3.05, 3.63) is 32.8 Å². The molecule has 1 aliphatic heterocycles. The lowest BCUT2D eigenvalue weighted by Gasteiger charge is -2.46. The van der Waals surface area contributed by atoms with Gasteiger partial charge in [0.15, 0.2) is 0 Å². The molecule has 1 saturated heterocycles. The number of amides is 1. The van der Waals surface area contributed by atoms with Gasteiger partial charge in [-0.05, 0) is 57.7 Å². The number of halogens is 2. The largest absolute Gasteiger partial charge is 0.444 e. The predicted molar refractivity (Wildman–Crippen MR) is 97.5 cm³/mol. The van der Waals surface area contributed by atoms with Gasteiger partial charge < -0.3 is 14.4 Å². The van der Waals surface area contributed by atoms with Crippen molar-refractivity contribution in [3.8, 4) is 0 Å². The molecule has 0 unspecified atom stereocenters. The Bertz CT molecular complexity index is 658. The molecule has 1 aromatic carbocycles. The van der Waals surface area contributed by atoms with E-state index in [0.29, 0.717) is 19.7 Å². The van der Waals surface area contributed by atoms with Crippen LogP contribution in [0.5, 0.6) is 0 Å². The van der Waals surface area contributed by atoms with Crippen molar-refractivity contribution in [3.63, 3.8) is 0 Å². The maximum atomic E-state index is 12.5. The summed E-state index contributed by atoms with van der Waals surface area (Å²) < 4.78 is 12.7. The highest BCUT2D eigenvalue weighted by molar-refractivity contribution is 9.10. The number of hydrogen-bond donors (Lipinski definition) is 0. The van der Waals surface area contributed by atoms with Gasteiger partial charge in [0, 0.05) is 21.6 Å². The van der Waals surface area contributed by atoms with Gasteiger partial charge in [0.2, 0.25) is 0 Å². The molecule has 0 aromatic heterocycles. The molecular weight excluding hydrogens is 394 g/mol. The van der Waals surface area contributed by atoms with E-state index in [0.717, 1.165) is 34.3 Å². The Labute approximate surface area is 156 Å². The Hall–Kier alpha value is -0.780. The maximum Gasteiger partial charge on any atom is 0.410 e. The van der Waals surface area contributed by atoms with Crippen LogP contribution in [0.15, 0.2) is 16.6 Å². The summed E-state index contributed by atoms with van der Waals surface area (Å²) in [7, 11) is 0. The summed E-state index contributed by atoms with van der Waals surface area (Å²) in [4.78, 5) is 14.3. The van der Waals surface area contributed by atoms with Crippen LogP contribution in [0, 0.1) is 0 Å². The average Bonchev–Trinajstić information content (AvgIpc) is 2.45. The average molecular weight is 417 g/mol. The second-order valence-corrected chi connectivity index (χ2v) is 8.81. The highest BCUT2D eigenvalue weighted by atomic mass is 79.9. The molecule has 0 radical (unpaired) electrons. The highest BCUT2D eigenvalue weighted by Gasteiger charge is 2.44. The smallest absolute Gasteiger partial charge is 0.410 e. The molecule has 24 heavy (non-hydrogen) atoms. The van der Waals surface area contributed by atoms with Crippen molar-refractivity contribution in [1.82, 2.24) is 4.90 Å². The Morgan fingerprint density at radius 1 is 1.42 bits per heavy atom. The summed E-state index contributed by atoms with van der Waals surface area (Å²) in [6, 6.07) is 3.92. The SMILES string of the molecule is CC(C)(C)OC(=O)N1CCO[C@]2(CCCc3cc(Cl)cc(Br)c32)C1. The van der Waals surface area contributed by atoms with Gasteiger partial charge >= 0.3 is 6.09 Å². The number of fused-ring (bicyclic) bond motifs is 2. The fourth-order valence-electron chi connectivity index (χ4n) is 3.59. The van der Waals surface area contributed by atoms with Crippen LogP contribution in [0.1, 0.15) is 44.7 Å². The Kier molecular flexibility index (Phi) is 4.89. The molecule has 6 heteroatoms. The van der Waals surface area contributed by atoms with Gasteiger partial charge in [-0.25, -0.2) is 4.79 Å². The van der Waals surface area contributed by atoms with E-state index in [1.807, 2.05) is 32.9 Å². The zero-order valence-corrected chi connectivity index (χ0v) is 16.7. The number of nitrogens with zero attached hydrogens (tertiary/aromatic N) is 1. The molecular formula is C18H23BrClNO3. The van der Waals surface area contributed by atoms with E-state index in [9.17, 15) is 4.79 Å². The van der Waals surface area contributed by atoms with Crippen molar-refractivity contribution in [1.29, 1.82) is 0 Å². The van der Waals surface area contributed by atoms with E-state index in [4.69, 9.17) is 21.1 Å². The number of ether oxygens (including phenoxy) is 2. The van der Waals surface area contributed by atoms with Crippen molar-refractivity contribution in [2.45, 2.75) is 51.2 Å². The monoisotopic (exact) mass is 415 g/mol. The van der Waals surface area contributed by atoms with Gasteiger partial charge in [-0.15, -0.1) is 0 Å². The first-order valence-corrected chi connectivity index (χ1v) is 9.48. The molecule has 1 heterocycles. The van der Waals surface area contributed by atoms with Crippen molar-refractivity contribution in [2.24, 2.45) is 0 Å². The zero-order valence-electron chi connectivity index (χ0n) is 14.3. The molecule has 1 amide bonds. The van der Waals surface area contributed by atoms with Crippen LogP contribution in [0.3, 0.4) is 0 Å². The molecule has 1 spiro atoms. The second kappa shape index (κ2) is 6.50. The van der Waals surface area contributed by atoms with Crippen LogP contribution in [0.4, 0.5) is 4.79 Å². The summed E-state index contributed by atoms with van der Waals surface area (Å²) in [5, 5.41) is 0.720. The molecule has 1 aromatic rings. The van der Waals surface area contributed by atoms with Gasteiger partial charge in [-0.2, -0.15) is 0 Å². The molecule has 3 rings (SSSR count). The number of carbonyl (C=O) groups excluding carboxylic acids is 1. The normalized spacial score (nSPS) is 24.0. The second-order valence-electron chi connectivity index (χ2n) is 7.52. The van der Waals surface area contributed by atoms with Crippen LogP contribution in [0.25, 0.3) is 0 Å². The minimum atomic E-state index is -0.499. The third-order valence-corrected chi connectivity index (χ3v) is 5.30. The Morgan fingerprint density at radius 3 is 2.88 bits per heavy atom. The summed E-state index contributed by atoms with van der Waals surface area (Å²) in [6.07, 6.45) is 2.61. The standard InChI is InChI=1S/C18H23BrClNO3/c1-17(2,3)24-16(22)21-7-8-23-18(11-21)6-4-5-12-9-13(20)10-14(19)15(12)18/h9-10H,4-8,11H2,1-3H3/t18-/m1/s1. The molecule has 1 fully saturated rings. The third kappa shape index (κ3) is 3.58. The minimum absolute atomic E-state index is 0.276. The molecule has 0 N–H and O–H groups in total. The first-order valence-electron chi connectivity index (χ1n) is 8.30. The van der Waals surface area contributed by atoms with Crippen molar-refractivity contribution >= 4 is 33.6 Å². The number of rotatable bonds is 0. The van der Waals surface area contributed by atoms with Crippen LogP contribution in [-0.4, -0.2) is 36.3 Å². The van der Waals surface area contributed by atoms with E-state index in [1.165, 1.54) is 5.56 Å². The van der Waals surface area contributed by atoms with Gasteiger partial charge in [-0.3, -0.25) is 0 Å². The summed E-state index contributed by atoms with van der Waals surface area (Å²) >= 11 is 9.86. The fraction of sp³-hybridized carbons (Fsp3) is 0.611. The predicted octanol–water partition coefficient (Wildman–Crippen LogP) is 4.90. The fourth-order valence-corrected chi connectivity index (χ4v) is 4.83. The van der Waals surface area contributed by atoms with Crippen LogP contribution in [-0.2, 0) is 21.5 Å². The third-order valence-electron chi connectivity index (χ3n) is 4.46. The van der Waals surface area contributed by atoms with E-state index >= 15 is 0 Å². The van der Waals surface area contributed by atoms with Gasteiger partial charge in [0.1, 0.15) is 11.2 Å². The molecule has 2 aliphatic rings. The van der Waals surface area contributed by atoms with Gasteiger partial charge in [-0.1, -0.05) is 27.5 Å². The number of morpholine rings is 1. The number of aryl methyl sites for hydroxylation is 1. The summed E-state index contributed by atoms with van der Waals surface area (Å²) in [5.74, 6) is 0.